The van der Waals surface area contributed by atoms with Gasteiger partial charge in [-0.1, -0.05) is 140 Å². The molecular weight excluding hydrogens is 677 g/mol. The van der Waals surface area contributed by atoms with Crippen LogP contribution in [-0.4, -0.2) is 11.5 Å². The van der Waals surface area contributed by atoms with Gasteiger partial charge in [-0.25, -0.2) is 4.99 Å². The molecule has 10 aromatic rings. The molecule has 0 aliphatic carbocycles. The van der Waals surface area contributed by atoms with Crippen molar-refractivity contribution in [2.45, 2.75) is 19.4 Å². The molecule has 2 aromatic heterocycles. The summed E-state index contributed by atoms with van der Waals surface area (Å²) in [6.07, 6.45) is 0.806. The predicted molar refractivity (Wildman–Crippen MR) is 230 cm³/mol. The average Bonchev–Trinajstić information content (AvgIpc) is 3.74. The highest BCUT2D eigenvalue weighted by Crippen LogP contribution is 2.43. The Labute approximate surface area is 316 Å². The van der Waals surface area contributed by atoms with Crippen LogP contribution in [0.5, 0.6) is 0 Å². The molecule has 4 heteroatoms. The molecule has 3 nitrogen and oxygen atoms in total. The first kappa shape index (κ1) is 31.2. The normalized spacial score (nSPS) is 16.4. The van der Waals surface area contributed by atoms with Crippen LogP contribution in [0.15, 0.2) is 178 Å². The summed E-state index contributed by atoms with van der Waals surface area (Å²) < 4.78 is 9.18. The number of fused-ring (bicyclic) bond motifs is 9. The average molecular weight is 711 g/mol. The third-order valence-electron chi connectivity index (χ3n) is 11.2. The molecule has 0 radical (unpaired) electrons. The van der Waals surface area contributed by atoms with Gasteiger partial charge in [0.2, 0.25) is 0 Å². The van der Waals surface area contributed by atoms with Crippen LogP contribution in [0.1, 0.15) is 36.1 Å². The number of amidine groups is 1. The Morgan fingerprint density at radius 1 is 0.556 bits per heavy atom. The zero-order valence-electron chi connectivity index (χ0n) is 29.7. The van der Waals surface area contributed by atoms with Crippen LogP contribution >= 0.6 is 11.3 Å². The molecule has 8 aromatic carbocycles. The Hall–Kier alpha value is -6.36. The Kier molecular flexibility index (Phi) is 7.14. The smallest absolute Gasteiger partial charge is 0.156 e. The summed E-state index contributed by atoms with van der Waals surface area (Å²) in [5.74, 6) is 0.953. The summed E-state index contributed by atoms with van der Waals surface area (Å²) in [6, 6.07) is 58.8. The van der Waals surface area contributed by atoms with Crippen molar-refractivity contribution in [3.8, 4) is 11.1 Å². The monoisotopic (exact) mass is 710 g/mol. The van der Waals surface area contributed by atoms with Gasteiger partial charge in [0.1, 0.15) is 11.2 Å². The largest absolute Gasteiger partial charge is 0.456 e. The minimum Gasteiger partial charge on any atom is -0.456 e. The maximum atomic E-state index is 6.57. The second-order valence-corrected chi connectivity index (χ2v) is 15.6. The number of benzene rings is 8. The first-order valence-corrected chi connectivity index (χ1v) is 19.5. The SMILES string of the molecule is CC1CC(c2ccccc2)=NC(c2cccc3oc4ccc(-c5cccc6c5sc5ccccc56)cc4c23)=NC1c1ccc2ccc3ccccc3c2c1. The maximum Gasteiger partial charge on any atom is 0.156 e. The van der Waals surface area contributed by atoms with Gasteiger partial charge < -0.3 is 4.42 Å². The van der Waals surface area contributed by atoms with E-state index < -0.39 is 0 Å². The van der Waals surface area contributed by atoms with Crippen molar-refractivity contribution in [1.29, 1.82) is 0 Å². The Bertz CT molecular complexity index is 3170. The van der Waals surface area contributed by atoms with Crippen molar-refractivity contribution in [3.05, 3.63) is 180 Å². The highest BCUT2D eigenvalue weighted by Gasteiger charge is 2.27. The molecule has 0 bridgehead atoms. The fraction of sp³-hybridized carbons (Fsp3) is 0.0800. The number of aliphatic imine (C=N–C) groups is 2. The predicted octanol–water partition coefficient (Wildman–Crippen LogP) is 13.9. The van der Waals surface area contributed by atoms with Gasteiger partial charge in [0.25, 0.3) is 0 Å². The van der Waals surface area contributed by atoms with E-state index in [0.29, 0.717) is 0 Å². The summed E-state index contributed by atoms with van der Waals surface area (Å²) >= 11 is 1.86. The van der Waals surface area contributed by atoms with Crippen LogP contribution in [0.3, 0.4) is 0 Å². The van der Waals surface area contributed by atoms with Gasteiger partial charge in [-0.15, -0.1) is 11.3 Å². The van der Waals surface area contributed by atoms with Gasteiger partial charge in [-0.2, -0.15) is 0 Å². The van der Waals surface area contributed by atoms with Crippen LogP contribution in [0.2, 0.25) is 0 Å². The van der Waals surface area contributed by atoms with Gasteiger partial charge in [0.15, 0.2) is 5.84 Å². The van der Waals surface area contributed by atoms with Crippen LogP contribution in [-0.2, 0) is 0 Å². The van der Waals surface area contributed by atoms with Crippen LogP contribution in [0.25, 0.3) is 74.8 Å². The summed E-state index contributed by atoms with van der Waals surface area (Å²) in [4.78, 5) is 11.1. The van der Waals surface area contributed by atoms with Crippen molar-refractivity contribution in [2.75, 3.05) is 0 Å². The van der Waals surface area contributed by atoms with Crippen LogP contribution < -0.4 is 0 Å². The third kappa shape index (κ3) is 5.02. The Balaban J connectivity index is 1.12. The molecular formula is C50H34N2OS. The minimum atomic E-state index is -0.0946. The quantitative estimate of drug-likeness (QED) is 0.168. The van der Waals surface area contributed by atoms with Crippen LogP contribution in [0.4, 0.5) is 0 Å². The zero-order chi connectivity index (χ0) is 35.8. The van der Waals surface area contributed by atoms with E-state index in [-0.39, 0.29) is 12.0 Å². The second-order valence-electron chi connectivity index (χ2n) is 14.5. The highest BCUT2D eigenvalue weighted by atomic mass is 32.1. The van der Waals surface area contributed by atoms with Gasteiger partial charge in [-0.3, -0.25) is 4.99 Å². The standard InChI is InChI=1S/C50H34N2OS/c1-30-27-43(33-12-3-2-4-13-33)51-50(52-48(30)35-24-23-32-22-21-31-11-5-6-14-36(31)41(32)29-35)40-18-10-19-45-47(40)42-28-34(25-26-44(42)53-45)37-16-9-17-39-38-15-7-8-20-46(38)54-49(37)39/h2-26,28-30,48H,27H2,1H3. The molecule has 256 valence electrons. The van der Waals surface area contributed by atoms with Gasteiger partial charge in [-0.05, 0) is 86.5 Å². The molecule has 1 aliphatic heterocycles. The molecule has 0 amide bonds. The lowest BCUT2D eigenvalue weighted by Crippen LogP contribution is -2.12. The van der Waals surface area contributed by atoms with Crippen molar-refractivity contribution in [2.24, 2.45) is 15.9 Å². The molecule has 3 heterocycles. The van der Waals surface area contributed by atoms with E-state index in [0.717, 1.165) is 51.0 Å². The summed E-state index contributed by atoms with van der Waals surface area (Å²) in [5.41, 5.74) is 8.48. The van der Waals surface area contributed by atoms with Crippen molar-refractivity contribution in [3.63, 3.8) is 0 Å². The molecule has 2 atom stereocenters. The lowest BCUT2D eigenvalue weighted by molar-refractivity contribution is 0.494. The summed E-state index contributed by atoms with van der Waals surface area (Å²) in [7, 11) is 0. The minimum absolute atomic E-state index is 0.0946. The molecule has 0 N–H and O–H groups in total. The molecule has 2 unspecified atom stereocenters. The fourth-order valence-electron chi connectivity index (χ4n) is 8.58. The lowest BCUT2D eigenvalue weighted by atomic mass is 9.88. The first-order chi connectivity index (χ1) is 26.7. The molecule has 0 fully saturated rings. The summed E-state index contributed by atoms with van der Waals surface area (Å²) in [5, 5.41) is 9.72. The van der Waals surface area contributed by atoms with Gasteiger partial charge in [0, 0.05) is 36.5 Å². The van der Waals surface area contributed by atoms with Gasteiger partial charge in [0.05, 0.1) is 11.8 Å². The first-order valence-electron chi connectivity index (χ1n) is 18.6. The molecule has 0 spiro atoms. The van der Waals surface area contributed by atoms with E-state index in [9.17, 15) is 0 Å². The van der Waals surface area contributed by atoms with Crippen molar-refractivity contribution >= 4 is 86.5 Å². The number of rotatable bonds is 4. The molecule has 11 rings (SSSR count). The molecule has 0 saturated heterocycles. The zero-order valence-corrected chi connectivity index (χ0v) is 30.5. The molecule has 0 saturated carbocycles. The Morgan fingerprint density at radius 3 is 2.20 bits per heavy atom. The number of thiophene rings is 1. The van der Waals surface area contributed by atoms with E-state index in [1.807, 2.05) is 11.3 Å². The number of nitrogens with zero attached hydrogens (tertiary/aromatic N) is 2. The van der Waals surface area contributed by atoms with E-state index >= 15 is 0 Å². The van der Waals surface area contributed by atoms with E-state index in [1.54, 1.807) is 0 Å². The van der Waals surface area contributed by atoms with E-state index in [2.05, 4.69) is 171 Å². The second kappa shape index (κ2) is 12.4. The summed E-state index contributed by atoms with van der Waals surface area (Å²) in [6.45, 7) is 2.32. The van der Waals surface area contributed by atoms with Crippen LogP contribution in [0, 0.1) is 5.92 Å². The fourth-order valence-corrected chi connectivity index (χ4v) is 9.82. The van der Waals surface area contributed by atoms with Crippen molar-refractivity contribution < 1.29 is 4.42 Å². The molecule has 54 heavy (non-hydrogen) atoms. The molecule has 1 aliphatic rings. The highest BCUT2D eigenvalue weighted by molar-refractivity contribution is 7.26. The lowest BCUT2D eigenvalue weighted by Gasteiger charge is -2.20. The Morgan fingerprint density at radius 2 is 1.30 bits per heavy atom. The number of hydrogen-bond donors (Lipinski definition) is 0. The number of furan rings is 1. The van der Waals surface area contributed by atoms with E-state index in [1.165, 1.54) is 58.4 Å². The topological polar surface area (TPSA) is 37.9 Å². The maximum absolute atomic E-state index is 6.57. The number of hydrogen-bond acceptors (Lipinski definition) is 4. The third-order valence-corrected chi connectivity index (χ3v) is 12.4. The van der Waals surface area contributed by atoms with Gasteiger partial charge >= 0.3 is 0 Å². The van der Waals surface area contributed by atoms with E-state index in [4.69, 9.17) is 14.4 Å². The van der Waals surface area contributed by atoms with Crippen molar-refractivity contribution in [1.82, 2.24) is 0 Å².